The Morgan fingerprint density at radius 2 is 2.26 bits per heavy atom. The minimum atomic E-state index is -0.432. The molecule has 2 saturated heterocycles. The van der Waals surface area contributed by atoms with Crippen molar-refractivity contribution in [1.29, 1.82) is 5.26 Å². The minimum Gasteiger partial charge on any atom is -0.379 e. The standard InChI is InChI=1S/C22H25N5O3S/c1-15-11-26(6-7-30-12-15)16-2-3-20-19(8-16)18(4-5-24-20)22(29)25-10-21(28)27-14-31-13-17(27)9-23/h2-5,8,15,17H,6-7,10-14H2,1H3,(H,25,29)/t15-,17-/m1/s1. The molecule has 0 bridgehead atoms. The second-order valence-corrected chi connectivity index (χ2v) is 8.88. The Morgan fingerprint density at radius 1 is 1.39 bits per heavy atom. The van der Waals surface area contributed by atoms with E-state index in [1.54, 1.807) is 24.0 Å². The van der Waals surface area contributed by atoms with Crippen LogP contribution in [0.1, 0.15) is 17.3 Å². The Balaban J connectivity index is 1.52. The number of nitriles is 1. The van der Waals surface area contributed by atoms with Crippen LogP contribution in [-0.4, -0.2) is 72.2 Å². The first-order chi connectivity index (χ1) is 15.1. The summed E-state index contributed by atoms with van der Waals surface area (Å²) in [6.45, 7) is 5.11. The van der Waals surface area contributed by atoms with Crippen LogP contribution in [0.4, 0.5) is 5.69 Å². The lowest BCUT2D eigenvalue weighted by atomic mass is 10.1. The van der Waals surface area contributed by atoms with Crippen molar-refractivity contribution in [3.05, 3.63) is 36.0 Å². The fourth-order valence-corrected chi connectivity index (χ4v) is 4.99. The summed E-state index contributed by atoms with van der Waals surface area (Å²) in [5.41, 5.74) is 2.22. The number of nitrogens with one attached hydrogen (secondary N) is 1. The summed E-state index contributed by atoms with van der Waals surface area (Å²) in [6.07, 6.45) is 1.60. The van der Waals surface area contributed by atoms with Gasteiger partial charge < -0.3 is 19.9 Å². The number of carbonyl (C=O) groups is 2. The number of thioether (sulfide) groups is 1. The molecular weight excluding hydrogens is 414 g/mol. The molecule has 2 atom stereocenters. The molecule has 1 aromatic carbocycles. The molecule has 0 radical (unpaired) electrons. The highest BCUT2D eigenvalue weighted by Gasteiger charge is 2.29. The van der Waals surface area contributed by atoms with E-state index in [2.05, 4.69) is 28.2 Å². The van der Waals surface area contributed by atoms with E-state index in [0.29, 0.717) is 29.7 Å². The number of hydrogen-bond acceptors (Lipinski definition) is 7. The molecule has 2 aromatic rings. The van der Waals surface area contributed by atoms with E-state index < -0.39 is 6.04 Å². The van der Waals surface area contributed by atoms with Crippen molar-refractivity contribution < 1.29 is 14.3 Å². The number of rotatable bonds is 4. The molecule has 1 aromatic heterocycles. The third-order valence-electron chi connectivity index (χ3n) is 5.53. The number of anilines is 1. The zero-order valence-electron chi connectivity index (χ0n) is 17.4. The first-order valence-corrected chi connectivity index (χ1v) is 11.5. The first kappa shape index (κ1) is 21.4. The summed E-state index contributed by atoms with van der Waals surface area (Å²) in [7, 11) is 0. The van der Waals surface area contributed by atoms with Gasteiger partial charge in [-0.1, -0.05) is 6.92 Å². The van der Waals surface area contributed by atoms with E-state index >= 15 is 0 Å². The van der Waals surface area contributed by atoms with E-state index in [0.717, 1.165) is 36.3 Å². The summed E-state index contributed by atoms with van der Waals surface area (Å²) in [4.78, 5) is 33.5. The average Bonchev–Trinajstić information content (AvgIpc) is 3.17. The summed E-state index contributed by atoms with van der Waals surface area (Å²) in [6, 6.07) is 9.30. The summed E-state index contributed by atoms with van der Waals surface area (Å²) in [5.74, 6) is 0.927. The van der Waals surface area contributed by atoms with Crippen molar-refractivity contribution in [1.82, 2.24) is 15.2 Å². The van der Waals surface area contributed by atoms with Gasteiger partial charge in [0.05, 0.1) is 42.8 Å². The third-order valence-corrected chi connectivity index (χ3v) is 6.54. The van der Waals surface area contributed by atoms with Gasteiger partial charge >= 0.3 is 0 Å². The molecule has 2 aliphatic rings. The molecule has 4 rings (SSSR count). The Morgan fingerprint density at radius 3 is 3.10 bits per heavy atom. The van der Waals surface area contributed by atoms with Crippen molar-refractivity contribution >= 4 is 40.2 Å². The summed E-state index contributed by atoms with van der Waals surface area (Å²) in [5, 5.41) is 12.6. The normalized spacial score (nSPS) is 21.5. The van der Waals surface area contributed by atoms with Crippen LogP contribution in [0.2, 0.25) is 0 Å². The number of ether oxygens (including phenoxy) is 1. The largest absolute Gasteiger partial charge is 0.379 e. The molecule has 9 heteroatoms. The number of hydrogen-bond donors (Lipinski definition) is 1. The summed E-state index contributed by atoms with van der Waals surface area (Å²) < 4.78 is 5.64. The van der Waals surface area contributed by atoms with Gasteiger partial charge in [0.25, 0.3) is 5.91 Å². The topological polar surface area (TPSA) is 98.6 Å². The SMILES string of the molecule is C[C@H]1COCCN(c2ccc3nccc(C(=O)NCC(=O)N4CSC[C@H]4C#N)c3c2)C1. The predicted octanol–water partition coefficient (Wildman–Crippen LogP) is 1.86. The number of pyridine rings is 1. The van der Waals surface area contributed by atoms with Crippen LogP contribution in [0.5, 0.6) is 0 Å². The van der Waals surface area contributed by atoms with Crippen molar-refractivity contribution in [2.24, 2.45) is 5.92 Å². The van der Waals surface area contributed by atoms with Crippen molar-refractivity contribution in [3.8, 4) is 6.07 Å². The molecule has 8 nitrogen and oxygen atoms in total. The summed E-state index contributed by atoms with van der Waals surface area (Å²) >= 11 is 1.54. The van der Waals surface area contributed by atoms with E-state index in [9.17, 15) is 9.59 Å². The van der Waals surface area contributed by atoms with E-state index in [-0.39, 0.29) is 18.4 Å². The number of fused-ring (bicyclic) bond motifs is 1. The smallest absolute Gasteiger partial charge is 0.252 e. The van der Waals surface area contributed by atoms with Gasteiger partial charge in [-0.2, -0.15) is 5.26 Å². The van der Waals surface area contributed by atoms with E-state index in [1.807, 2.05) is 18.2 Å². The third kappa shape index (κ3) is 4.75. The van der Waals surface area contributed by atoms with Crippen LogP contribution in [0.3, 0.4) is 0 Å². The highest BCUT2D eigenvalue weighted by atomic mass is 32.2. The van der Waals surface area contributed by atoms with Crippen LogP contribution in [0.25, 0.3) is 10.9 Å². The number of benzene rings is 1. The zero-order valence-corrected chi connectivity index (χ0v) is 18.2. The lowest BCUT2D eigenvalue weighted by molar-refractivity contribution is -0.129. The Bertz CT molecular complexity index is 1020. The molecule has 1 N–H and O–H groups in total. The molecule has 0 spiro atoms. The first-order valence-electron chi connectivity index (χ1n) is 10.3. The van der Waals surface area contributed by atoms with Crippen LogP contribution >= 0.6 is 11.8 Å². The fraction of sp³-hybridized carbons (Fsp3) is 0.455. The maximum atomic E-state index is 12.9. The molecule has 3 heterocycles. The fourth-order valence-electron chi connectivity index (χ4n) is 3.89. The maximum absolute atomic E-state index is 12.9. The Hall–Kier alpha value is -2.83. The molecule has 0 unspecified atom stereocenters. The van der Waals surface area contributed by atoms with Gasteiger partial charge in [-0.25, -0.2) is 0 Å². The van der Waals surface area contributed by atoms with Crippen LogP contribution in [0, 0.1) is 17.2 Å². The van der Waals surface area contributed by atoms with Gasteiger partial charge in [0, 0.05) is 36.1 Å². The number of nitrogens with zero attached hydrogens (tertiary/aromatic N) is 4. The lowest BCUT2D eigenvalue weighted by Crippen LogP contribution is -2.42. The van der Waals surface area contributed by atoms with Crippen molar-refractivity contribution in [3.63, 3.8) is 0 Å². The van der Waals surface area contributed by atoms with Crippen LogP contribution in [0.15, 0.2) is 30.5 Å². The molecule has 2 amide bonds. The second kappa shape index (κ2) is 9.54. The average molecular weight is 440 g/mol. The van der Waals surface area contributed by atoms with Gasteiger partial charge in [-0.3, -0.25) is 14.6 Å². The quantitative estimate of drug-likeness (QED) is 0.776. The molecule has 2 aliphatic heterocycles. The van der Waals surface area contributed by atoms with Gasteiger partial charge in [0.2, 0.25) is 5.91 Å². The van der Waals surface area contributed by atoms with Crippen LogP contribution in [-0.2, 0) is 9.53 Å². The maximum Gasteiger partial charge on any atom is 0.252 e. The van der Waals surface area contributed by atoms with E-state index in [4.69, 9.17) is 10.00 Å². The molecular formula is C22H25N5O3S. The monoisotopic (exact) mass is 439 g/mol. The van der Waals surface area contributed by atoms with Gasteiger partial charge in [0.15, 0.2) is 0 Å². The van der Waals surface area contributed by atoms with Gasteiger partial charge in [0.1, 0.15) is 6.04 Å². The zero-order chi connectivity index (χ0) is 21.8. The molecule has 0 saturated carbocycles. The molecule has 31 heavy (non-hydrogen) atoms. The predicted molar refractivity (Wildman–Crippen MR) is 120 cm³/mol. The number of aromatic nitrogens is 1. The highest BCUT2D eigenvalue weighted by Crippen LogP contribution is 2.25. The Kier molecular flexibility index (Phi) is 6.59. The second-order valence-electron chi connectivity index (χ2n) is 7.88. The van der Waals surface area contributed by atoms with Crippen molar-refractivity contribution in [2.75, 3.05) is 49.4 Å². The number of carbonyl (C=O) groups excluding carboxylic acids is 2. The minimum absolute atomic E-state index is 0.137. The van der Waals surface area contributed by atoms with Gasteiger partial charge in [-0.05, 0) is 30.2 Å². The molecule has 2 fully saturated rings. The van der Waals surface area contributed by atoms with Crippen molar-refractivity contribution in [2.45, 2.75) is 13.0 Å². The molecule has 0 aliphatic carbocycles. The van der Waals surface area contributed by atoms with E-state index in [1.165, 1.54) is 4.90 Å². The lowest BCUT2D eigenvalue weighted by Gasteiger charge is -2.24. The highest BCUT2D eigenvalue weighted by molar-refractivity contribution is 7.99. The molecule has 162 valence electrons. The van der Waals surface area contributed by atoms with Gasteiger partial charge in [-0.15, -0.1) is 11.8 Å². The Labute approximate surface area is 185 Å². The number of amides is 2. The van der Waals surface area contributed by atoms with Crippen LogP contribution < -0.4 is 10.2 Å².